The zero-order chi connectivity index (χ0) is 17.1. The molecular formula is C16H18N2O5. The predicted octanol–water partition coefficient (Wildman–Crippen LogP) is 1.53. The average molecular weight is 318 g/mol. The maximum absolute atomic E-state index is 12.2. The molecule has 0 spiro atoms. The van der Waals surface area contributed by atoms with Gasteiger partial charge < -0.3 is 9.47 Å². The van der Waals surface area contributed by atoms with E-state index in [0.29, 0.717) is 23.7 Å². The smallest absolute Gasteiger partial charge is 0.333 e. The summed E-state index contributed by atoms with van der Waals surface area (Å²) in [5.74, 6) is -0.366. The van der Waals surface area contributed by atoms with Crippen LogP contribution >= 0.6 is 0 Å². The van der Waals surface area contributed by atoms with Crippen LogP contribution in [0.5, 0.6) is 11.5 Å². The largest absolute Gasteiger partial charge is 0.493 e. The number of urea groups is 1. The maximum Gasteiger partial charge on any atom is 0.333 e. The van der Waals surface area contributed by atoms with Gasteiger partial charge in [-0.15, -0.1) is 0 Å². The number of benzene rings is 1. The maximum atomic E-state index is 12.2. The van der Waals surface area contributed by atoms with Crippen LogP contribution in [0.2, 0.25) is 0 Å². The van der Waals surface area contributed by atoms with E-state index in [9.17, 15) is 14.4 Å². The summed E-state index contributed by atoms with van der Waals surface area (Å²) in [5, 5.41) is 0. The van der Waals surface area contributed by atoms with Crippen LogP contribution in [0, 0.1) is 0 Å². The molecule has 4 amide bonds. The first-order valence-corrected chi connectivity index (χ1v) is 7.03. The second-order valence-electron chi connectivity index (χ2n) is 4.88. The number of imide groups is 2. The molecule has 1 saturated heterocycles. The Labute approximate surface area is 134 Å². The van der Waals surface area contributed by atoms with E-state index >= 15 is 0 Å². The lowest BCUT2D eigenvalue weighted by Gasteiger charge is -2.29. The second-order valence-corrected chi connectivity index (χ2v) is 4.88. The quantitative estimate of drug-likeness (QED) is 0.621. The zero-order valence-corrected chi connectivity index (χ0v) is 13.5. The number of para-hydroxylation sites is 1. The fraction of sp³-hybridized carbons (Fsp3) is 0.312. The number of ether oxygens (including phenoxy) is 2. The van der Waals surface area contributed by atoms with Gasteiger partial charge in [-0.2, -0.15) is 0 Å². The molecule has 2 rings (SSSR count). The lowest BCUT2D eigenvalue weighted by molar-refractivity contribution is -0.134. The first-order chi connectivity index (χ1) is 10.9. The number of nitrogens with zero attached hydrogens (tertiary/aromatic N) is 2. The van der Waals surface area contributed by atoms with Gasteiger partial charge in [0.1, 0.15) is 5.57 Å². The van der Waals surface area contributed by atoms with E-state index in [4.69, 9.17) is 9.47 Å². The van der Waals surface area contributed by atoms with Gasteiger partial charge in [-0.25, -0.2) is 4.79 Å². The van der Waals surface area contributed by atoms with Crippen LogP contribution in [0.25, 0.3) is 6.08 Å². The number of hydrogen-bond donors (Lipinski definition) is 0. The van der Waals surface area contributed by atoms with Crippen molar-refractivity contribution in [2.24, 2.45) is 0 Å². The number of carbonyl (C=O) groups excluding carboxylic acids is 3. The van der Waals surface area contributed by atoms with Gasteiger partial charge in [-0.05, 0) is 19.1 Å². The molecule has 0 bridgehead atoms. The Morgan fingerprint density at radius 2 is 1.70 bits per heavy atom. The highest BCUT2D eigenvalue weighted by Gasteiger charge is 2.38. The predicted molar refractivity (Wildman–Crippen MR) is 83.1 cm³/mol. The Balaban J connectivity index is 2.54. The van der Waals surface area contributed by atoms with Crippen molar-refractivity contribution in [1.29, 1.82) is 0 Å². The Kier molecular flexibility index (Phi) is 4.68. The van der Waals surface area contributed by atoms with Crippen molar-refractivity contribution in [3.63, 3.8) is 0 Å². The summed E-state index contributed by atoms with van der Waals surface area (Å²) in [7, 11) is 4.17. The summed E-state index contributed by atoms with van der Waals surface area (Å²) in [5.41, 5.74) is 0.419. The molecular weight excluding hydrogens is 300 g/mol. The van der Waals surface area contributed by atoms with E-state index in [2.05, 4.69) is 0 Å². The van der Waals surface area contributed by atoms with Gasteiger partial charge in [0.05, 0.1) is 13.7 Å². The molecule has 1 aromatic rings. The van der Waals surface area contributed by atoms with Crippen LogP contribution in [-0.4, -0.2) is 55.5 Å². The summed E-state index contributed by atoms with van der Waals surface area (Å²) >= 11 is 0. The SMILES string of the molecule is CCOc1c(C=C2C(=O)N(C)C(=O)N(C)C2=O)cccc1OC. The second kappa shape index (κ2) is 6.51. The van der Waals surface area contributed by atoms with Gasteiger partial charge in [0.2, 0.25) is 0 Å². The minimum Gasteiger partial charge on any atom is -0.493 e. The molecule has 0 atom stereocenters. The summed E-state index contributed by atoms with van der Waals surface area (Å²) < 4.78 is 10.8. The van der Waals surface area contributed by atoms with Crippen LogP contribution in [0.1, 0.15) is 12.5 Å². The van der Waals surface area contributed by atoms with E-state index in [1.165, 1.54) is 27.3 Å². The van der Waals surface area contributed by atoms with Crippen LogP contribution in [-0.2, 0) is 9.59 Å². The lowest BCUT2D eigenvalue weighted by atomic mass is 10.1. The monoisotopic (exact) mass is 318 g/mol. The number of amides is 4. The molecule has 7 heteroatoms. The van der Waals surface area contributed by atoms with Crippen molar-refractivity contribution < 1.29 is 23.9 Å². The van der Waals surface area contributed by atoms with Crippen LogP contribution in [0.15, 0.2) is 23.8 Å². The highest BCUT2D eigenvalue weighted by molar-refractivity contribution is 6.30. The molecule has 1 aliphatic heterocycles. The lowest BCUT2D eigenvalue weighted by Crippen LogP contribution is -2.52. The van der Waals surface area contributed by atoms with Crippen molar-refractivity contribution in [1.82, 2.24) is 9.80 Å². The summed E-state index contributed by atoms with van der Waals surface area (Å²) in [6, 6.07) is 4.49. The van der Waals surface area contributed by atoms with E-state index in [-0.39, 0.29) is 5.57 Å². The molecule has 0 saturated carbocycles. The fourth-order valence-corrected chi connectivity index (χ4v) is 2.24. The minimum atomic E-state index is -0.659. The zero-order valence-electron chi connectivity index (χ0n) is 13.5. The van der Waals surface area contributed by atoms with E-state index in [1.807, 2.05) is 6.92 Å². The number of methoxy groups -OCH3 is 1. The summed E-state index contributed by atoms with van der Waals surface area (Å²) in [4.78, 5) is 38.0. The molecule has 0 aromatic heterocycles. The molecule has 0 aliphatic carbocycles. The van der Waals surface area contributed by atoms with Crippen molar-refractivity contribution in [3.05, 3.63) is 29.3 Å². The van der Waals surface area contributed by atoms with Crippen molar-refractivity contribution in [3.8, 4) is 11.5 Å². The topological polar surface area (TPSA) is 76.2 Å². The molecule has 0 unspecified atom stereocenters. The van der Waals surface area contributed by atoms with E-state index in [0.717, 1.165) is 9.80 Å². The average Bonchev–Trinajstić information content (AvgIpc) is 2.56. The first-order valence-electron chi connectivity index (χ1n) is 7.03. The number of carbonyl (C=O) groups is 3. The molecule has 1 aromatic carbocycles. The summed E-state index contributed by atoms with van der Waals surface area (Å²) in [6.07, 6.45) is 1.41. The number of barbiturate groups is 1. The van der Waals surface area contributed by atoms with Crippen molar-refractivity contribution in [2.45, 2.75) is 6.92 Å². The van der Waals surface area contributed by atoms with Crippen LogP contribution in [0.4, 0.5) is 4.79 Å². The van der Waals surface area contributed by atoms with E-state index < -0.39 is 17.8 Å². The molecule has 122 valence electrons. The third kappa shape index (κ3) is 2.90. The third-order valence-electron chi connectivity index (χ3n) is 3.46. The van der Waals surface area contributed by atoms with Gasteiger partial charge >= 0.3 is 6.03 Å². The Morgan fingerprint density at radius 3 is 2.22 bits per heavy atom. The van der Waals surface area contributed by atoms with Gasteiger partial charge in [0.15, 0.2) is 11.5 Å². The molecule has 1 aliphatic rings. The molecule has 1 fully saturated rings. The van der Waals surface area contributed by atoms with Crippen molar-refractivity contribution in [2.75, 3.05) is 27.8 Å². The Bertz CT molecular complexity index is 670. The fourth-order valence-electron chi connectivity index (χ4n) is 2.24. The Hall–Kier alpha value is -2.83. The highest BCUT2D eigenvalue weighted by Crippen LogP contribution is 2.33. The van der Waals surface area contributed by atoms with Gasteiger partial charge in [0, 0.05) is 19.7 Å². The Morgan fingerprint density at radius 1 is 1.09 bits per heavy atom. The molecule has 1 heterocycles. The molecule has 0 radical (unpaired) electrons. The van der Waals surface area contributed by atoms with Gasteiger partial charge in [0.25, 0.3) is 11.8 Å². The molecule has 23 heavy (non-hydrogen) atoms. The standard InChI is InChI=1S/C16H18N2O5/c1-5-23-13-10(7-6-8-12(13)22-4)9-11-14(19)17(2)16(21)18(3)15(11)20/h6-9H,5H2,1-4H3. The van der Waals surface area contributed by atoms with E-state index in [1.54, 1.807) is 18.2 Å². The highest BCUT2D eigenvalue weighted by atomic mass is 16.5. The normalized spacial score (nSPS) is 15.1. The molecule has 0 N–H and O–H groups in total. The van der Waals surface area contributed by atoms with Crippen LogP contribution in [0.3, 0.4) is 0 Å². The van der Waals surface area contributed by atoms with Gasteiger partial charge in [-0.3, -0.25) is 19.4 Å². The first kappa shape index (κ1) is 16.5. The summed E-state index contributed by atoms with van der Waals surface area (Å²) in [6.45, 7) is 2.22. The number of likely N-dealkylation sites (N-methyl/N-ethyl adjacent to an activating group) is 2. The van der Waals surface area contributed by atoms with Gasteiger partial charge in [-0.1, -0.05) is 12.1 Å². The minimum absolute atomic E-state index is 0.108. The third-order valence-corrected chi connectivity index (χ3v) is 3.46. The van der Waals surface area contributed by atoms with Crippen LogP contribution < -0.4 is 9.47 Å². The number of hydrogen-bond acceptors (Lipinski definition) is 5. The molecule has 7 nitrogen and oxygen atoms in total. The number of rotatable bonds is 4. The van der Waals surface area contributed by atoms with Crippen molar-refractivity contribution >= 4 is 23.9 Å².